The van der Waals surface area contributed by atoms with Crippen molar-refractivity contribution in [3.8, 4) is 5.75 Å². The number of para-hydroxylation sites is 1. The smallest absolute Gasteiger partial charge is 0.237 e. The molecular formula is C18H15Cl2NO3. The summed E-state index contributed by atoms with van der Waals surface area (Å²) in [5.74, 6) is -0.278. The molecule has 1 saturated heterocycles. The van der Waals surface area contributed by atoms with E-state index in [4.69, 9.17) is 27.9 Å². The molecule has 0 aromatic heterocycles. The third-order valence-corrected chi connectivity index (χ3v) is 4.60. The van der Waals surface area contributed by atoms with Crippen LogP contribution in [-0.4, -0.2) is 18.9 Å². The van der Waals surface area contributed by atoms with E-state index >= 15 is 0 Å². The molecule has 0 aliphatic carbocycles. The predicted molar refractivity (Wildman–Crippen MR) is 93.8 cm³/mol. The Kier molecular flexibility index (Phi) is 4.78. The number of ether oxygens (including phenoxy) is 1. The van der Waals surface area contributed by atoms with E-state index in [1.807, 2.05) is 24.3 Å². The summed E-state index contributed by atoms with van der Waals surface area (Å²) in [5.41, 5.74) is 1.23. The Morgan fingerprint density at radius 1 is 1.17 bits per heavy atom. The lowest BCUT2D eigenvalue weighted by Crippen LogP contribution is -2.31. The summed E-state index contributed by atoms with van der Waals surface area (Å²) in [5, 5.41) is 0.738. The van der Waals surface area contributed by atoms with Gasteiger partial charge in [0.2, 0.25) is 11.8 Å². The summed E-state index contributed by atoms with van der Waals surface area (Å²) in [7, 11) is 1.58. The second-order valence-electron chi connectivity index (χ2n) is 5.58. The van der Waals surface area contributed by atoms with E-state index < -0.39 is 5.92 Å². The monoisotopic (exact) mass is 363 g/mol. The van der Waals surface area contributed by atoms with Crippen LogP contribution in [0.25, 0.3) is 0 Å². The molecule has 3 rings (SSSR count). The molecule has 2 aromatic rings. The largest absolute Gasteiger partial charge is 0.496 e. The zero-order chi connectivity index (χ0) is 17.3. The highest BCUT2D eigenvalue weighted by molar-refractivity contribution is 6.37. The molecule has 1 fully saturated rings. The van der Waals surface area contributed by atoms with E-state index in [-0.39, 0.29) is 18.2 Å². The Morgan fingerprint density at radius 3 is 2.67 bits per heavy atom. The molecule has 1 aliphatic rings. The Morgan fingerprint density at radius 2 is 1.92 bits per heavy atom. The van der Waals surface area contributed by atoms with Crippen LogP contribution in [0.2, 0.25) is 10.0 Å². The van der Waals surface area contributed by atoms with Gasteiger partial charge in [-0.15, -0.1) is 0 Å². The van der Waals surface area contributed by atoms with Crippen LogP contribution in [0.5, 0.6) is 5.75 Å². The van der Waals surface area contributed by atoms with E-state index in [9.17, 15) is 9.59 Å². The number of nitrogens with zero attached hydrogens (tertiary/aromatic N) is 1. The van der Waals surface area contributed by atoms with Gasteiger partial charge in [-0.05, 0) is 36.2 Å². The number of anilines is 1. The topological polar surface area (TPSA) is 46.6 Å². The van der Waals surface area contributed by atoms with E-state index in [2.05, 4.69) is 0 Å². The first-order valence-electron chi connectivity index (χ1n) is 7.45. The normalized spacial score (nSPS) is 17.5. The van der Waals surface area contributed by atoms with Gasteiger partial charge in [-0.3, -0.25) is 9.59 Å². The summed E-state index contributed by atoms with van der Waals surface area (Å²) in [6, 6.07) is 12.2. The van der Waals surface area contributed by atoms with E-state index in [0.717, 1.165) is 10.5 Å². The first-order chi connectivity index (χ1) is 11.5. The van der Waals surface area contributed by atoms with Gasteiger partial charge in [0.15, 0.2) is 0 Å². The van der Waals surface area contributed by atoms with Crippen LogP contribution in [0.1, 0.15) is 12.0 Å². The van der Waals surface area contributed by atoms with Crippen molar-refractivity contribution in [2.45, 2.75) is 12.8 Å². The van der Waals surface area contributed by atoms with Gasteiger partial charge in [0.05, 0.1) is 23.7 Å². The second-order valence-corrected chi connectivity index (χ2v) is 6.42. The molecule has 1 aliphatic heterocycles. The number of carbonyl (C=O) groups is 2. The maximum Gasteiger partial charge on any atom is 0.237 e. The van der Waals surface area contributed by atoms with Crippen molar-refractivity contribution in [1.82, 2.24) is 0 Å². The lowest BCUT2D eigenvalue weighted by molar-refractivity contribution is -0.122. The fraction of sp³-hybridized carbons (Fsp3) is 0.222. The lowest BCUT2D eigenvalue weighted by atomic mass is 9.97. The van der Waals surface area contributed by atoms with Gasteiger partial charge >= 0.3 is 0 Å². The first-order valence-corrected chi connectivity index (χ1v) is 8.20. The van der Waals surface area contributed by atoms with Gasteiger partial charge in [0.25, 0.3) is 0 Å². The maximum absolute atomic E-state index is 12.7. The number of rotatable bonds is 4. The van der Waals surface area contributed by atoms with E-state index in [1.165, 1.54) is 6.07 Å². The van der Waals surface area contributed by atoms with Gasteiger partial charge in [-0.2, -0.15) is 0 Å². The second kappa shape index (κ2) is 6.83. The van der Waals surface area contributed by atoms with Crippen LogP contribution in [0.15, 0.2) is 42.5 Å². The number of halogens is 2. The molecule has 0 saturated carbocycles. The molecule has 2 amide bonds. The van der Waals surface area contributed by atoms with Gasteiger partial charge in [0.1, 0.15) is 5.75 Å². The number of benzene rings is 2. The Hall–Kier alpha value is -2.04. The van der Waals surface area contributed by atoms with Crippen molar-refractivity contribution in [3.05, 3.63) is 58.1 Å². The van der Waals surface area contributed by atoms with E-state index in [1.54, 1.807) is 19.2 Å². The summed E-state index contributed by atoms with van der Waals surface area (Å²) >= 11 is 12.1. The number of carbonyl (C=O) groups excluding carboxylic acids is 2. The highest BCUT2D eigenvalue weighted by Gasteiger charge is 2.40. The van der Waals surface area contributed by atoms with Crippen molar-refractivity contribution in [2.75, 3.05) is 12.0 Å². The molecule has 0 bridgehead atoms. The van der Waals surface area contributed by atoms with Crippen molar-refractivity contribution in [1.29, 1.82) is 0 Å². The number of imide groups is 1. The fourth-order valence-corrected chi connectivity index (χ4v) is 3.27. The Bertz CT molecular complexity index is 807. The maximum atomic E-state index is 12.7. The third kappa shape index (κ3) is 3.12. The molecule has 6 heteroatoms. The number of methoxy groups -OCH3 is 1. The van der Waals surface area contributed by atoms with Crippen molar-refractivity contribution < 1.29 is 14.3 Å². The molecule has 0 spiro atoms. The molecule has 2 aromatic carbocycles. The summed E-state index contributed by atoms with van der Waals surface area (Å²) in [6.45, 7) is 0. The van der Waals surface area contributed by atoms with Gasteiger partial charge in [0, 0.05) is 11.4 Å². The van der Waals surface area contributed by atoms with Crippen LogP contribution in [0, 0.1) is 5.92 Å². The standard InChI is InChI=1S/C18H15Cl2NO3/c1-24-16-5-3-2-4-11(16)8-12-9-17(22)21(18(12)23)15-10-13(19)6-7-14(15)20/h2-7,10,12H,8-9H2,1H3/t12-/m0/s1. The lowest BCUT2D eigenvalue weighted by Gasteiger charge is -2.17. The van der Waals surface area contributed by atoms with E-state index in [0.29, 0.717) is 27.9 Å². The Labute approximate surface area is 149 Å². The minimum absolute atomic E-state index is 0.139. The molecule has 0 radical (unpaired) electrons. The quantitative estimate of drug-likeness (QED) is 0.767. The summed E-state index contributed by atoms with van der Waals surface area (Å²) in [4.78, 5) is 26.3. The highest BCUT2D eigenvalue weighted by Crippen LogP contribution is 2.35. The van der Waals surface area contributed by atoms with Crippen molar-refractivity contribution >= 4 is 40.7 Å². The van der Waals surface area contributed by atoms with Gasteiger partial charge in [-0.1, -0.05) is 41.4 Å². The number of amides is 2. The highest BCUT2D eigenvalue weighted by atomic mass is 35.5. The van der Waals surface area contributed by atoms with Crippen LogP contribution < -0.4 is 9.64 Å². The summed E-state index contributed by atoms with van der Waals surface area (Å²) in [6.07, 6.45) is 0.572. The van der Waals surface area contributed by atoms with Crippen LogP contribution >= 0.6 is 23.2 Å². The molecular weight excluding hydrogens is 349 g/mol. The molecule has 24 heavy (non-hydrogen) atoms. The zero-order valence-electron chi connectivity index (χ0n) is 13.0. The molecule has 1 heterocycles. The number of hydrogen-bond donors (Lipinski definition) is 0. The van der Waals surface area contributed by atoms with Crippen LogP contribution in [0.4, 0.5) is 5.69 Å². The van der Waals surface area contributed by atoms with Gasteiger partial charge < -0.3 is 4.74 Å². The third-order valence-electron chi connectivity index (χ3n) is 4.05. The predicted octanol–water partition coefficient (Wildman–Crippen LogP) is 4.12. The van der Waals surface area contributed by atoms with Crippen molar-refractivity contribution in [3.63, 3.8) is 0 Å². The molecule has 0 N–H and O–H groups in total. The van der Waals surface area contributed by atoms with Crippen LogP contribution in [0.3, 0.4) is 0 Å². The number of hydrogen-bond acceptors (Lipinski definition) is 3. The Balaban J connectivity index is 1.88. The zero-order valence-corrected chi connectivity index (χ0v) is 14.5. The summed E-state index contributed by atoms with van der Waals surface area (Å²) < 4.78 is 5.32. The average molecular weight is 364 g/mol. The molecule has 4 nitrogen and oxygen atoms in total. The molecule has 124 valence electrons. The molecule has 0 unspecified atom stereocenters. The van der Waals surface area contributed by atoms with Crippen LogP contribution in [-0.2, 0) is 16.0 Å². The first kappa shape index (κ1) is 16.8. The minimum atomic E-state index is -0.441. The molecule has 1 atom stereocenters. The fourth-order valence-electron chi connectivity index (χ4n) is 2.90. The minimum Gasteiger partial charge on any atom is -0.496 e. The SMILES string of the molecule is COc1ccccc1C[C@H]1CC(=O)N(c2cc(Cl)ccc2Cl)C1=O. The van der Waals surface area contributed by atoms with Gasteiger partial charge in [-0.25, -0.2) is 4.90 Å². The van der Waals surface area contributed by atoms with Crippen molar-refractivity contribution in [2.24, 2.45) is 5.92 Å². The average Bonchev–Trinajstić information content (AvgIpc) is 2.84.